The molecule has 3 rings (SSSR count). The van der Waals surface area contributed by atoms with E-state index in [2.05, 4.69) is 9.71 Å². The Labute approximate surface area is 146 Å². The van der Waals surface area contributed by atoms with Crippen molar-refractivity contribution in [3.8, 4) is 0 Å². The van der Waals surface area contributed by atoms with E-state index in [1.807, 2.05) is 32.0 Å². The van der Waals surface area contributed by atoms with Crippen molar-refractivity contribution < 1.29 is 8.42 Å². The predicted molar refractivity (Wildman–Crippen MR) is 99.9 cm³/mol. The number of hydrogen-bond acceptors (Lipinski definition) is 3. The van der Waals surface area contributed by atoms with Gasteiger partial charge in [0.2, 0.25) is 0 Å². The molecule has 0 atom stereocenters. The van der Waals surface area contributed by atoms with Gasteiger partial charge in [-0.25, -0.2) is 0 Å². The SMILES string of the molecule is CC1=C(c2ccc(C)cc2)S(=O)(=O)N=C1Nc1cc(Cl)ccc1C. The third kappa shape index (κ3) is 3.09. The fraction of sp³-hybridized carbons (Fsp3) is 0.167. The van der Waals surface area contributed by atoms with Gasteiger partial charge in [0.05, 0.1) is 0 Å². The maximum absolute atomic E-state index is 12.5. The second-order valence-electron chi connectivity index (χ2n) is 5.82. The third-order valence-electron chi connectivity index (χ3n) is 3.93. The maximum atomic E-state index is 12.5. The summed E-state index contributed by atoms with van der Waals surface area (Å²) in [5, 5.41) is 3.67. The largest absolute Gasteiger partial charge is 0.339 e. The zero-order valence-electron chi connectivity index (χ0n) is 13.6. The van der Waals surface area contributed by atoms with E-state index in [0.717, 1.165) is 16.8 Å². The molecule has 2 aromatic carbocycles. The van der Waals surface area contributed by atoms with Crippen molar-refractivity contribution in [1.29, 1.82) is 0 Å². The summed E-state index contributed by atoms with van der Waals surface area (Å²) in [7, 11) is -3.72. The highest BCUT2D eigenvalue weighted by Gasteiger charge is 2.31. The molecule has 0 radical (unpaired) electrons. The molecule has 0 aliphatic carbocycles. The fourth-order valence-electron chi connectivity index (χ4n) is 2.58. The Morgan fingerprint density at radius 3 is 2.33 bits per heavy atom. The van der Waals surface area contributed by atoms with Crippen molar-refractivity contribution in [2.45, 2.75) is 20.8 Å². The first-order valence-electron chi connectivity index (χ1n) is 7.44. The normalized spacial score (nSPS) is 16.2. The zero-order valence-corrected chi connectivity index (χ0v) is 15.2. The molecule has 0 bridgehead atoms. The van der Waals surface area contributed by atoms with Gasteiger partial charge in [0.1, 0.15) is 10.7 Å². The van der Waals surface area contributed by atoms with Crippen LogP contribution in [-0.4, -0.2) is 14.3 Å². The van der Waals surface area contributed by atoms with Crippen molar-refractivity contribution in [2.75, 3.05) is 5.32 Å². The maximum Gasteiger partial charge on any atom is 0.285 e. The second-order valence-corrected chi connectivity index (χ2v) is 7.80. The Morgan fingerprint density at radius 2 is 1.67 bits per heavy atom. The molecule has 4 nitrogen and oxygen atoms in total. The molecule has 0 aromatic heterocycles. The van der Waals surface area contributed by atoms with Crippen LogP contribution in [0.4, 0.5) is 5.69 Å². The van der Waals surface area contributed by atoms with E-state index in [4.69, 9.17) is 11.6 Å². The minimum absolute atomic E-state index is 0.240. The van der Waals surface area contributed by atoms with E-state index < -0.39 is 10.0 Å². The van der Waals surface area contributed by atoms with Crippen LogP contribution < -0.4 is 5.32 Å². The van der Waals surface area contributed by atoms with Crippen molar-refractivity contribution in [3.05, 3.63) is 69.8 Å². The van der Waals surface area contributed by atoms with Crippen molar-refractivity contribution >= 4 is 38.1 Å². The van der Waals surface area contributed by atoms with Gasteiger partial charge in [0.25, 0.3) is 10.0 Å². The summed E-state index contributed by atoms with van der Waals surface area (Å²) in [6.07, 6.45) is 0. The summed E-state index contributed by atoms with van der Waals surface area (Å²) in [5.41, 5.74) is 4.00. The minimum atomic E-state index is -3.72. The molecule has 124 valence electrons. The Hall–Kier alpha value is -2.11. The first-order chi connectivity index (χ1) is 11.3. The number of sulfonamides is 1. The lowest BCUT2D eigenvalue weighted by Gasteiger charge is -2.10. The number of nitrogens with zero attached hydrogens (tertiary/aromatic N) is 1. The number of rotatable bonds is 2. The van der Waals surface area contributed by atoms with E-state index in [1.54, 1.807) is 31.2 Å². The fourth-order valence-corrected chi connectivity index (χ4v) is 4.18. The number of hydrogen-bond donors (Lipinski definition) is 1. The van der Waals surface area contributed by atoms with E-state index >= 15 is 0 Å². The molecule has 0 unspecified atom stereocenters. The highest BCUT2D eigenvalue weighted by atomic mass is 35.5. The highest BCUT2D eigenvalue weighted by molar-refractivity contribution is 8.00. The molecule has 0 saturated heterocycles. The Bertz CT molecular complexity index is 975. The minimum Gasteiger partial charge on any atom is -0.339 e. The molecule has 0 saturated carbocycles. The lowest BCUT2D eigenvalue weighted by atomic mass is 10.1. The smallest absolute Gasteiger partial charge is 0.285 e. The summed E-state index contributed by atoms with van der Waals surface area (Å²) in [4.78, 5) is 0.240. The number of anilines is 1. The molecule has 0 amide bonds. The van der Waals surface area contributed by atoms with Crippen molar-refractivity contribution in [3.63, 3.8) is 0 Å². The molecule has 0 fully saturated rings. The average molecular weight is 361 g/mol. The molecule has 24 heavy (non-hydrogen) atoms. The highest BCUT2D eigenvalue weighted by Crippen LogP contribution is 2.33. The van der Waals surface area contributed by atoms with Gasteiger partial charge in [-0.1, -0.05) is 47.5 Å². The lowest BCUT2D eigenvalue weighted by molar-refractivity contribution is 0.608. The molecular formula is C18H17ClN2O2S. The zero-order chi connectivity index (χ0) is 17.5. The quantitative estimate of drug-likeness (QED) is 0.855. The Kier molecular flexibility index (Phi) is 4.24. The van der Waals surface area contributed by atoms with Crippen LogP contribution in [0.15, 0.2) is 52.4 Å². The first-order valence-corrected chi connectivity index (χ1v) is 9.26. The number of benzene rings is 2. The summed E-state index contributed by atoms with van der Waals surface area (Å²) >= 11 is 6.02. The van der Waals surface area contributed by atoms with Crippen LogP contribution in [0.1, 0.15) is 23.6 Å². The molecule has 6 heteroatoms. The summed E-state index contributed by atoms with van der Waals surface area (Å²) in [6, 6.07) is 12.8. The van der Waals surface area contributed by atoms with Gasteiger partial charge in [-0.3, -0.25) is 0 Å². The van der Waals surface area contributed by atoms with Crippen LogP contribution in [0.25, 0.3) is 4.91 Å². The van der Waals surface area contributed by atoms with Crippen LogP contribution in [0.3, 0.4) is 0 Å². The van der Waals surface area contributed by atoms with Crippen LogP contribution in [-0.2, 0) is 10.0 Å². The predicted octanol–water partition coefficient (Wildman–Crippen LogP) is 4.54. The third-order valence-corrected chi connectivity index (χ3v) is 5.65. The van der Waals surface area contributed by atoms with Gasteiger partial charge >= 0.3 is 0 Å². The number of nitrogens with one attached hydrogen (secondary N) is 1. The number of aryl methyl sites for hydroxylation is 2. The van der Waals surface area contributed by atoms with Gasteiger partial charge in [-0.2, -0.15) is 8.42 Å². The molecule has 1 N–H and O–H groups in total. The van der Waals surface area contributed by atoms with E-state index in [0.29, 0.717) is 22.0 Å². The van der Waals surface area contributed by atoms with Crippen LogP contribution in [0.5, 0.6) is 0 Å². The Morgan fingerprint density at radius 1 is 1.00 bits per heavy atom. The van der Waals surface area contributed by atoms with E-state index in [1.165, 1.54) is 0 Å². The summed E-state index contributed by atoms with van der Waals surface area (Å²) in [6.45, 7) is 5.63. The van der Waals surface area contributed by atoms with Gasteiger partial charge in [-0.05, 0) is 44.0 Å². The monoisotopic (exact) mass is 360 g/mol. The molecular weight excluding hydrogens is 344 g/mol. The van der Waals surface area contributed by atoms with Crippen LogP contribution >= 0.6 is 11.6 Å². The van der Waals surface area contributed by atoms with E-state index in [-0.39, 0.29) is 4.91 Å². The summed E-state index contributed by atoms with van der Waals surface area (Å²) in [5.74, 6) is 0.330. The molecule has 1 aliphatic rings. The van der Waals surface area contributed by atoms with Crippen LogP contribution in [0.2, 0.25) is 5.02 Å². The first kappa shape index (κ1) is 16.7. The average Bonchev–Trinajstić information content (AvgIpc) is 2.73. The standard InChI is InChI=1S/C18H17ClN2O2S/c1-11-4-7-14(8-5-11)17-13(3)18(21-24(17,22)23)20-16-10-15(19)9-6-12(16)2/h4-10H,1-3H3,(H,20,21). The molecule has 0 spiro atoms. The van der Waals surface area contributed by atoms with Gasteiger partial charge < -0.3 is 5.32 Å². The Balaban J connectivity index is 2.04. The second kappa shape index (κ2) is 6.07. The molecule has 1 aliphatic heterocycles. The van der Waals surface area contributed by atoms with Gasteiger partial charge in [0.15, 0.2) is 0 Å². The van der Waals surface area contributed by atoms with Crippen LogP contribution in [0, 0.1) is 13.8 Å². The van der Waals surface area contributed by atoms with E-state index in [9.17, 15) is 8.42 Å². The number of amidine groups is 1. The molecule has 1 heterocycles. The topological polar surface area (TPSA) is 58.5 Å². The van der Waals surface area contributed by atoms with Gasteiger partial charge in [-0.15, -0.1) is 4.40 Å². The number of halogens is 1. The van der Waals surface area contributed by atoms with Crippen molar-refractivity contribution in [1.82, 2.24) is 0 Å². The van der Waals surface area contributed by atoms with Crippen molar-refractivity contribution in [2.24, 2.45) is 4.40 Å². The lowest BCUT2D eigenvalue weighted by Crippen LogP contribution is -2.12. The van der Waals surface area contributed by atoms with Gasteiger partial charge in [0, 0.05) is 16.3 Å². The summed E-state index contributed by atoms with van der Waals surface area (Å²) < 4.78 is 28.9. The molecule has 2 aromatic rings.